The standard InChI is InChI=1S/C12H17F2N3O/c1-7-5-9(8(2)16-7)11(18)17-4-3-12(13,14)10(15)6-17/h5,10,16H,3-4,6,15H2,1-2H3. The van der Waals surface area contributed by atoms with Crippen molar-refractivity contribution in [3.8, 4) is 0 Å². The molecule has 3 N–H and O–H groups in total. The first kappa shape index (κ1) is 13.0. The molecule has 1 aromatic rings. The number of aryl methyl sites for hydroxylation is 2. The molecule has 4 nitrogen and oxygen atoms in total. The normalized spacial score (nSPS) is 23.2. The van der Waals surface area contributed by atoms with E-state index in [9.17, 15) is 13.6 Å². The van der Waals surface area contributed by atoms with Crippen LogP contribution in [0, 0.1) is 13.8 Å². The lowest BCUT2D eigenvalue weighted by Gasteiger charge is -2.36. The summed E-state index contributed by atoms with van der Waals surface area (Å²) in [5.41, 5.74) is 7.57. The van der Waals surface area contributed by atoms with Crippen molar-refractivity contribution in [2.75, 3.05) is 13.1 Å². The van der Waals surface area contributed by atoms with Gasteiger partial charge in [0.25, 0.3) is 11.8 Å². The van der Waals surface area contributed by atoms with Gasteiger partial charge in [0, 0.05) is 30.9 Å². The summed E-state index contributed by atoms with van der Waals surface area (Å²) in [7, 11) is 0. The van der Waals surface area contributed by atoms with Crippen molar-refractivity contribution >= 4 is 5.91 Å². The summed E-state index contributed by atoms with van der Waals surface area (Å²) in [5, 5.41) is 0. The topological polar surface area (TPSA) is 62.1 Å². The Labute approximate surface area is 104 Å². The number of likely N-dealkylation sites (tertiary alicyclic amines) is 1. The Morgan fingerprint density at radius 1 is 1.56 bits per heavy atom. The van der Waals surface area contributed by atoms with Crippen LogP contribution in [-0.2, 0) is 0 Å². The minimum absolute atomic E-state index is 0.0448. The molecular weight excluding hydrogens is 240 g/mol. The highest BCUT2D eigenvalue weighted by Gasteiger charge is 2.43. The summed E-state index contributed by atoms with van der Waals surface area (Å²) in [6, 6.07) is 0.450. The lowest BCUT2D eigenvalue weighted by molar-refractivity contribution is -0.0662. The van der Waals surface area contributed by atoms with Crippen LogP contribution in [-0.4, -0.2) is 40.8 Å². The third-order valence-electron chi connectivity index (χ3n) is 3.34. The molecule has 2 heterocycles. The smallest absolute Gasteiger partial charge is 0.266 e. The molecule has 1 aromatic heterocycles. The summed E-state index contributed by atoms with van der Waals surface area (Å²) in [6.45, 7) is 3.58. The molecule has 0 saturated carbocycles. The van der Waals surface area contributed by atoms with Gasteiger partial charge >= 0.3 is 0 Å². The molecule has 100 valence electrons. The van der Waals surface area contributed by atoms with Crippen LogP contribution in [0.25, 0.3) is 0 Å². The number of piperidine rings is 1. The van der Waals surface area contributed by atoms with E-state index >= 15 is 0 Å². The number of hydrogen-bond acceptors (Lipinski definition) is 2. The Kier molecular flexibility index (Phi) is 3.14. The van der Waals surface area contributed by atoms with Gasteiger partial charge in [0.1, 0.15) is 0 Å². The van der Waals surface area contributed by atoms with Crippen LogP contribution in [0.2, 0.25) is 0 Å². The maximum atomic E-state index is 13.3. The maximum Gasteiger partial charge on any atom is 0.266 e. The molecule has 18 heavy (non-hydrogen) atoms. The average molecular weight is 257 g/mol. The molecule has 1 atom stereocenters. The monoisotopic (exact) mass is 257 g/mol. The number of carbonyl (C=O) groups excluding carboxylic acids is 1. The van der Waals surface area contributed by atoms with Crippen molar-refractivity contribution in [3.63, 3.8) is 0 Å². The van der Waals surface area contributed by atoms with Gasteiger partial charge in [0.2, 0.25) is 0 Å². The van der Waals surface area contributed by atoms with E-state index in [4.69, 9.17) is 5.73 Å². The van der Waals surface area contributed by atoms with Gasteiger partial charge in [-0.05, 0) is 19.9 Å². The van der Waals surface area contributed by atoms with Crippen LogP contribution in [0.5, 0.6) is 0 Å². The number of rotatable bonds is 1. The number of hydrogen-bond donors (Lipinski definition) is 2. The summed E-state index contributed by atoms with van der Waals surface area (Å²) < 4.78 is 26.5. The number of carbonyl (C=O) groups is 1. The third-order valence-corrected chi connectivity index (χ3v) is 3.34. The van der Waals surface area contributed by atoms with Gasteiger partial charge in [0.15, 0.2) is 0 Å². The van der Waals surface area contributed by atoms with Gasteiger partial charge in [-0.3, -0.25) is 4.79 Å². The maximum absolute atomic E-state index is 13.3. The number of H-pyrrole nitrogens is 1. The molecule has 1 amide bonds. The van der Waals surface area contributed by atoms with Crippen molar-refractivity contribution in [3.05, 3.63) is 23.0 Å². The molecule has 2 rings (SSSR count). The molecule has 1 unspecified atom stereocenters. The SMILES string of the molecule is Cc1cc(C(=O)N2CCC(F)(F)C(N)C2)c(C)[nH]1. The predicted octanol–water partition coefficient (Wildman–Crippen LogP) is 1.44. The van der Waals surface area contributed by atoms with Crippen molar-refractivity contribution in [2.24, 2.45) is 5.73 Å². The number of aromatic amines is 1. The third kappa shape index (κ3) is 2.25. The van der Waals surface area contributed by atoms with Gasteiger partial charge in [-0.25, -0.2) is 8.78 Å². The molecule has 0 aromatic carbocycles. The van der Waals surface area contributed by atoms with Gasteiger partial charge < -0.3 is 15.6 Å². The summed E-state index contributed by atoms with van der Waals surface area (Å²) in [4.78, 5) is 16.6. The highest BCUT2D eigenvalue weighted by Crippen LogP contribution is 2.28. The van der Waals surface area contributed by atoms with Crippen molar-refractivity contribution in [1.29, 1.82) is 0 Å². The van der Waals surface area contributed by atoms with E-state index in [2.05, 4.69) is 4.98 Å². The second-order valence-electron chi connectivity index (χ2n) is 4.86. The first-order valence-corrected chi connectivity index (χ1v) is 5.90. The zero-order chi connectivity index (χ0) is 13.5. The Morgan fingerprint density at radius 2 is 2.22 bits per heavy atom. The van der Waals surface area contributed by atoms with E-state index < -0.39 is 12.0 Å². The van der Waals surface area contributed by atoms with Crippen molar-refractivity contribution < 1.29 is 13.6 Å². The summed E-state index contributed by atoms with van der Waals surface area (Å²) in [6.07, 6.45) is -0.373. The predicted molar refractivity (Wildman–Crippen MR) is 63.7 cm³/mol. The Bertz CT molecular complexity index is 470. The van der Waals surface area contributed by atoms with Gasteiger partial charge in [0.05, 0.1) is 11.6 Å². The van der Waals surface area contributed by atoms with E-state index in [0.29, 0.717) is 5.56 Å². The average Bonchev–Trinajstić information content (AvgIpc) is 2.61. The second kappa shape index (κ2) is 4.35. The molecule has 6 heteroatoms. The van der Waals surface area contributed by atoms with Gasteiger partial charge in [-0.2, -0.15) is 0 Å². The lowest BCUT2D eigenvalue weighted by atomic mass is 10.0. The van der Waals surface area contributed by atoms with Gasteiger partial charge in [-0.1, -0.05) is 0 Å². The Balaban J connectivity index is 2.14. The van der Waals surface area contributed by atoms with E-state index in [-0.39, 0.29) is 25.4 Å². The Morgan fingerprint density at radius 3 is 2.72 bits per heavy atom. The number of alkyl halides is 2. The number of nitrogens with zero attached hydrogens (tertiary/aromatic N) is 1. The number of nitrogens with one attached hydrogen (secondary N) is 1. The molecular formula is C12H17F2N3O. The number of halogens is 2. The first-order valence-electron chi connectivity index (χ1n) is 5.90. The second-order valence-corrected chi connectivity index (χ2v) is 4.86. The molecule has 0 radical (unpaired) electrons. The van der Waals surface area contributed by atoms with E-state index in [1.54, 1.807) is 13.0 Å². The Hall–Kier alpha value is -1.43. The minimum Gasteiger partial charge on any atom is -0.362 e. The fourth-order valence-corrected chi connectivity index (χ4v) is 2.23. The highest BCUT2D eigenvalue weighted by molar-refractivity contribution is 5.95. The molecule has 1 aliphatic heterocycles. The fourth-order valence-electron chi connectivity index (χ4n) is 2.23. The van der Waals surface area contributed by atoms with Crippen LogP contribution >= 0.6 is 0 Å². The fraction of sp³-hybridized carbons (Fsp3) is 0.583. The van der Waals surface area contributed by atoms with Gasteiger partial charge in [-0.15, -0.1) is 0 Å². The molecule has 0 bridgehead atoms. The van der Waals surface area contributed by atoms with Crippen LogP contribution in [0.3, 0.4) is 0 Å². The molecule has 0 spiro atoms. The molecule has 1 fully saturated rings. The van der Waals surface area contributed by atoms with Crippen LogP contribution in [0.4, 0.5) is 8.78 Å². The summed E-state index contributed by atoms with van der Waals surface area (Å²) in [5.74, 6) is -3.11. The van der Waals surface area contributed by atoms with Crippen molar-refractivity contribution in [1.82, 2.24) is 9.88 Å². The summed E-state index contributed by atoms with van der Waals surface area (Å²) >= 11 is 0. The quantitative estimate of drug-likeness (QED) is 0.799. The lowest BCUT2D eigenvalue weighted by Crippen LogP contribution is -2.56. The number of aromatic nitrogens is 1. The molecule has 1 saturated heterocycles. The van der Waals surface area contributed by atoms with Crippen molar-refractivity contribution in [2.45, 2.75) is 32.2 Å². The van der Waals surface area contributed by atoms with Crippen LogP contribution in [0.15, 0.2) is 6.07 Å². The molecule has 1 aliphatic rings. The van der Waals surface area contributed by atoms with Crippen LogP contribution in [0.1, 0.15) is 28.2 Å². The largest absolute Gasteiger partial charge is 0.362 e. The highest BCUT2D eigenvalue weighted by atomic mass is 19.3. The zero-order valence-corrected chi connectivity index (χ0v) is 10.5. The van der Waals surface area contributed by atoms with E-state index in [1.165, 1.54) is 4.90 Å². The van der Waals surface area contributed by atoms with E-state index in [1.807, 2.05) is 6.92 Å². The number of amides is 1. The molecule has 0 aliphatic carbocycles. The number of nitrogens with two attached hydrogens (primary N) is 1. The van der Waals surface area contributed by atoms with Crippen LogP contribution < -0.4 is 5.73 Å². The minimum atomic E-state index is -2.88. The zero-order valence-electron chi connectivity index (χ0n) is 10.5. The van der Waals surface area contributed by atoms with E-state index in [0.717, 1.165) is 11.4 Å². The first-order chi connectivity index (χ1) is 8.31.